The molecular formula is C11H11NO3. The summed E-state index contributed by atoms with van der Waals surface area (Å²) in [5.74, 6) is -0.174. The van der Waals surface area contributed by atoms with Crippen LogP contribution in [0.15, 0.2) is 24.3 Å². The molecule has 0 saturated carbocycles. The van der Waals surface area contributed by atoms with Crippen molar-refractivity contribution in [3.63, 3.8) is 0 Å². The van der Waals surface area contributed by atoms with E-state index >= 15 is 0 Å². The zero-order chi connectivity index (χ0) is 11.4. The molecule has 0 aliphatic rings. The summed E-state index contributed by atoms with van der Waals surface area (Å²) in [6, 6.07) is 4.49. The number of benzene rings is 1. The number of allylic oxidation sites excluding steroid dienone is 1. The lowest BCUT2D eigenvalue weighted by Gasteiger charge is -2.02. The third-order valence-corrected chi connectivity index (χ3v) is 1.99. The van der Waals surface area contributed by atoms with Crippen LogP contribution in [0.3, 0.4) is 0 Å². The second-order valence-electron chi connectivity index (χ2n) is 3.05. The smallest absolute Gasteiger partial charge is 0.277 e. The van der Waals surface area contributed by atoms with Gasteiger partial charge in [-0.05, 0) is 13.8 Å². The molecule has 0 fully saturated rings. The minimum atomic E-state index is -0.484. The van der Waals surface area contributed by atoms with Gasteiger partial charge in [0, 0.05) is 11.6 Å². The van der Waals surface area contributed by atoms with Crippen LogP contribution >= 0.6 is 0 Å². The molecule has 0 spiro atoms. The number of carbonyl (C=O) groups is 1. The van der Waals surface area contributed by atoms with Crippen LogP contribution < -0.4 is 0 Å². The number of Topliss-reactive ketones (excluding diaryl/α,β-unsaturated/α-hetero) is 1. The molecule has 15 heavy (non-hydrogen) atoms. The first-order valence-electron chi connectivity index (χ1n) is 4.49. The molecule has 0 bridgehead atoms. The fourth-order valence-corrected chi connectivity index (χ4v) is 1.36. The lowest BCUT2D eigenvalue weighted by Crippen LogP contribution is -2.00. The summed E-state index contributed by atoms with van der Waals surface area (Å²) >= 11 is 0. The molecule has 4 nitrogen and oxygen atoms in total. The van der Waals surface area contributed by atoms with Crippen molar-refractivity contribution in [1.82, 2.24) is 0 Å². The maximum Gasteiger partial charge on any atom is 0.277 e. The maximum atomic E-state index is 11.3. The van der Waals surface area contributed by atoms with Gasteiger partial charge < -0.3 is 0 Å². The Morgan fingerprint density at radius 2 is 2.13 bits per heavy atom. The predicted molar refractivity (Wildman–Crippen MR) is 57.8 cm³/mol. The molecule has 0 unspecified atom stereocenters. The molecule has 0 saturated heterocycles. The van der Waals surface area contributed by atoms with Crippen LogP contribution in [0.2, 0.25) is 0 Å². The van der Waals surface area contributed by atoms with E-state index in [1.165, 1.54) is 19.1 Å². The molecule has 0 heterocycles. The van der Waals surface area contributed by atoms with Crippen molar-refractivity contribution >= 4 is 17.5 Å². The summed E-state index contributed by atoms with van der Waals surface area (Å²) in [6.45, 7) is 3.15. The first-order chi connectivity index (χ1) is 7.07. The van der Waals surface area contributed by atoms with Gasteiger partial charge in [0.1, 0.15) is 0 Å². The molecule has 0 amide bonds. The molecule has 0 aromatic heterocycles. The normalized spacial score (nSPS) is 10.5. The SMILES string of the molecule is C/C=C\c1c(C(C)=O)cccc1[N+](=O)[O-]. The number of carbonyl (C=O) groups excluding carboxylic acids is 1. The minimum absolute atomic E-state index is 0.0409. The molecule has 0 atom stereocenters. The van der Waals surface area contributed by atoms with Gasteiger partial charge >= 0.3 is 0 Å². The Balaban J connectivity index is 3.48. The topological polar surface area (TPSA) is 60.2 Å². The van der Waals surface area contributed by atoms with Crippen LogP contribution in [-0.2, 0) is 0 Å². The Morgan fingerprint density at radius 1 is 1.47 bits per heavy atom. The van der Waals surface area contributed by atoms with Crippen molar-refractivity contribution in [3.8, 4) is 0 Å². The van der Waals surface area contributed by atoms with Gasteiger partial charge in [-0.25, -0.2) is 0 Å². The molecule has 1 rings (SSSR count). The highest BCUT2D eigenvalue weighted by Gasteiger charge is 2.16. The monoisotopic (exact) mass is 205 g/mol. The zero-order valence-electron chi connectivity index (χ0n) is 8.56. The Bertz CT molecular complexity index is 403. The summed E-state index contributed by atoms with van der Waals surface area (Å²) in [6.07, 6.45) is 3.25. The lowest BCUT2D eigenvalue weighted by molar-refractivity contribution is -0.385. The predicted octanol–water partition coefficient (Wildman–Crippen LogP) is 2.83. The van der Waals surface area contributed by atoms with E-state index in [1.807, 2.05) is 0 Å². The summed E-state index contributed by atoms with van der Waals surface area (Å²) in [4.78, 5) is 21.5. The van der Waals surface area contributed by atoms with Gasteiger partial charge in [0.25, 0.3) is 5.69 Å². The zero-order valence-corrected chi connectivity index (χ0v) is 8.56. The van der Waals surface area contributed by atoms with E-state index in [2.05, 4.69) is 0 Å². The third-order valence-electron chi connectivity index (χ3n) is 1.99. The van der Waals surface area contributed by atoms with E-state index in [0.717, 1.165) is 0 Å². The van der Waals surface area contributed by atoms with Crippen LogP contribution in [0.1, 0.15) is 29.8 Å². The molecule has 1 aromatic rings. The van der Waals surface area contributed by atoms with Crippen molar-refractivity contribution in [1.29, 1.82) is 0 Å². The average molecular weight is 205 g/mol. The second-order valence-corrected chi connectivity index (χ2v) is 3.05. The van der Waals surface area contributed by atoms with E-state index < -0.39 is 4.92 Å². The molecule has 4 heteroatoms. The number of nitro groups is 1. The van der Waals surface area contributed by atoms with Crippen molar-refractivity contribution in [2.24, 2.45) is 0 Å². The van der Waals surface area contributed by atoms with Gasteiger partial charge in [0.15, 0.2) is 5.78 Å². The molecule has 1 aromatic carbocycles. The number of nitro benzene ring substituents is 1. The largest absolute Gasteiger partial charge is 0.294 e. The molecular weight excluding hydrogens is 194 g/mol. The van der Waals surface area contributed by atoms with Gasteiger partial charge in [-0.2, -0.15) is 0 Å². The number of rotatable bonds is 3. The molecule has 0 aliphatic heterocycles. The van der Waals surface area contributed by atoms with Crippen LogP contribution in [0.5, 0.6) is 0 Å². The Labute approximate surface area is 87.4 Å². The van der Waals surface area contributed by atoms with Crippen molar-refractivity contribution in [3.05, 3.63) is 45.5 Å². The van der Waals surface area contributed by atoms with E-state index in [9.17, 15) is 14.9 Å². The molecule has 0 radical (unpaired) electrons. The fraction of sp³-hybridized carbons (Fsp3) is 0.182. The van der Waals surface area contributed by atoms with Crippen LogP contribution in [0.4, 0.5) is 5.69 Å². The Kier molecular flexibility index (Phi) is 3.33. The number of hydrogen-bond acceptors (Lipinski definition) is 3. The summed E-state index contributed by atoms with van der Waals surface area (Å²) < 4.78 is 0. The van der Waals surface area contributed by atoms with Gasteiger partial charge in [-0.15, -0.1) is 0 Å². The summed E-state index contributed by atoms with van der Waals surface area (Å²) in [5.41, 5.74) is 0.709. The highest BCUT2D eigenvalue weighted by molar-refractivity contribution is 5.99. The first-order valence-corrected chi connectivity index (χ1v) is 4.49. The number of ketones is 1. The summed E-state index contributed by atoms with van der Waals surface area (Å²) in [7, 11) is 0. The highest BCUT2D eigenvalue weighted by atomic mass is 16.6. The second kappa shape index (κ2) is 4.50. The molecule has 0 N–H and O–H groups in total. The van der Waals surface area contributed by atoms with E-state index in [-0.39, 0.29) is 11.5 Å². The van der Waals surface area contributed by atoms with Gasteiger partial charge in [0.05, 0.1) is 10.5 Å². The van der Waals surface area contributed by atoms with Crippen LogP contribution in [-0.4, -0.2) is 10.7 Å². The number of nitrogens with zero attached hydrogens (tertiary/aromatic N) is 1. The van der Waals surface area contributed by atoms with Crippen molar-refractivity contribution in [2.75, 3.05) is 0 Å². The Hall–Kier alpha value is -1.97. The standard InChI is InChI=1S/C11H11NO3/c1-3-5-10-9(8(2)13)6-4-7-11(10)12(14)15/h3-7H,1-2H3/b5-3-. The molecule has 0 aliphatic carbocycles. The van der Waals surface area contributed by atoms with Gasteiger partial charge in [-0.3, -0.25) is 14.9 Å². The Morgan fingerprint density at radius 3 is 2.60 bits per heavy atom. The fourth-order valence-electron chi connectivity index (χ4n) is 1.36. The van der Waals surface area contributed by atoms with Crippen molar-refractivity contribution in [2.45, 2.75) is 13.8 Å². The quantitative estimate of drug-likeness (QED) is 0.433. The van der Waals surface area contributed by atoms with E-state index in [4.69, 9.17) is 0 Å². The first kappa shape index (κ1) is 11.1. The lowest BCUT2D eigenvalue weighted by atomic mass is 10.0. The van der Waals surface area contributed by atoms with E-state index in [0.29, 0.717) is 11.1 Å². The minimum Gasteiger partial charge on any atom is -0.294 e. The highest BCUT2D eigenvalue weighted by Crippen LogP contribution is 2.24. The van der Waals surface area contributed by atoms with Gasteiger partial charge in [-0.1, -0.05) is 24.3 Å². The average Bonchev–Trinajstić information content (AvgIpc) is 2.17. The third kappa shape index (κ3) is 2.28. The molecule has 78 valence electrons. The van der Waals surface area contributed by atoms with Crippen LogP contribution in [0, 0.1) is 10.1 Å². The maximum absolute atomic E-state index is 11.3. The van der Waals surface area contributed by atoms with E-state index in [1.54, 1.807) is 25.1 Å². The summed E-state index contributed by atoms with van der Waals surface area (Å²) in [5, 5.41) is 10.7. The van der Waals surface area contributed by atoms with Crippen LogP contribution in [0.25, 0.3) is 6.08 Å². The van der Waals surface area contributed by atoms with Crippen molar-refractivity contribution < 1.29 is 9.72 Å². The number of hydrogen-bond donors (Lipinski definition) is 0. The van der Waals surface area contributed by atoms with Gasteiger partial charge in [0.2, 0.25) is 0 Å².